The maximum Gasteiger partial charge on any atom is 0.169 e. The Morgan fingerprint density at radius 1 is 1.36 bits per heavy atom. The molecule has 0 aromatic rings. The van der Waals surface area contributed by atoms with Crippen LogP contribution in [0.25, 0.3) is 0 Å². The van der Waals surface area contributed by atoms with Crippen LogP contribution in [-0.4, -0.2) is 36.4 Å². The summed E-state index contributed by atoms with van der Waals surface area (Å²) < 4.78 is 5.13. The van der Waals surface area contributed by atoms with Crippen molar-refractivity contribution >= 4 is 15.5 Å². The lowest BCUT2D eigenvalue weighted by molar-refractivity contribution is -0.248. The van der Waals surface area contributed by atoms with Crippen molar-refractivity contribution in [1.82, 2.24) is 0 Å². The van der Waals surface area contributed by atoms with Crippen molar-refractivity contribution in [2.45, 2.75) is 19.9 Å². The number of hydrogen-bond acceptors (Lipinski definition) is 4. The Bertz CT molecular complexity index is 157. The van der Waals surface area contributed by atoms with Crippen LogP contribution >= 0.6 is 0 Å². The van der Waals surface area contributed by atoms with Crippen LogP contribution in [0, 0.1) is 0 Å². The average molecular weight is 220 g/mol. The van der Waals surface area contributed by atoms with Gasteiger partial charge in [0.15, 0.2) is 15.5 Å². The van der Waals surface area contributed by atoms with E-state index >= 15 is 0 Å². The molecule has 0 amide bonds. The van der Waals surface area contributed by atoms with E-state index in [9.17, 15) is 4.79 Å². The average Bonchev–Trinajstić information content (AvgIpc) is 2.18. The molecule has 0 heterocycles. The van der Waals surface area contributed by atoms with Crippen molar-refractivity contribution < 1.29 is 19.0 Å². The van der Waals surface area contributed by atoms with Crippen molar-refractivity contribution in [3.05, 3.63) is 12.2 Å². The highest BCUT2D eigenvalue weighted by Crippen LogP contribution is 1.94. The van der Waals surface area contributed by atoms with E-state index in [0.717, 1.165) is 6.61 Å². The summed E-state index contributed by atoms with van der Waals surface area (Å²) >= 11 is 0. The molecule has 0 N–H and O–H groups in total. The highest BCUT2D eigenvalue weighted by atomic mass is 28.2. The van der Waals surface area contributed by atoms with Crippen LogP contribution in [0.2, 0.25) is 6.04 Å². The van der Waals surface area contributed by atoms with Gasteiger partial charge in [-0.2, -0.15) is 0 Å². The van der Waals surface area contributed by atoms with Gasteiger partial charge in [-0.15, -0.1) is 0 Å². The smallest absolute Gasteiger partial charge is 0.169 e. The van der Waals surface area contributed by atoms with Crippen LogP contribution in [-0.2, 0) is 19.0 Å². The maximum absolute atomic E-state index is 10.9. The molecular formula is C9H20O4Si. The maximum atomic E-state index is 10.9. The Kier molecular flexibility index (Phi) is 14.3. The molecule has 0 fully saturated rings. The number of ketones is 1. The van der Waals surface area contributed by atoms with E-state index in [-0.39, 0.29) is 5.78 Å². The van der Waals surface area contributed by atoms with E-state index in [1.165, 1.54) is 14.2 Å². The van der Waals surface area contributed by atoms with E-state index in [4.69, 9.17) is 4.43 Å². The van der Waals surface area contributed by atoms with Gasteiger partial charge in [0.1, 0.15) is 0 Å². The lowest BCUT2D eigenvalue weighted by atomic mass is 10.2. The fourth-order valence-corrected chi connectivity index (χ4v) is 1.57. The summed E-state index contributed by atoms with van der Waals surface area (Å²) in [6, 6.07) is 0.600. The Morgan fingerprint density at radius 3 is 2.14 bits per heavy atom. The molecule has 0 aromatic heterocycles. The molecule has 0 bridgehead atoms. The topological polar surface area (TPSA) is 44.8 Å². The van der Waals surface area contributed by atoms with Gasteiger partial charge in [0, 0.05) is 12.7 Å². The fourth-order valence-electron chi connectivity index (χ4n) is 0.523. The summed E-state index contributed by atoms with van der Waals surface area (Å²) in [6.07, 6.45) is 0. The van der Waals surface area contributed by atoms with Crippen molar-refractivity contribution in [1.29, 1.82) is 0 Å². The van der Waals surface area contributed by atoms with Gasteiger partial charge in [-0.05, 0) is 19.4 Å². The third-order valence-corrected chi connectivity index (χ3v) is 2.68. The van der Waals surface area contributed by atoms with Crippen LogP contribution in [0.4, 0.5) is 0 Å². The van der Waals surface area contributed by atoms with Crippen molar-refractivity contribution in [2.24, 2.45) is 0 Å². The third-order valence-electron chi connectivity index (χ3n) is 1.32. The summed E-state index contributed by atoms with van der Waals surface area (Å²) in [5.74, 6) is 0.153. The van der Waals surface area contributed by atoms with Crippen LogP contribution in [0.1, 0.15) is 13.8 Å². The van der Waals surface area contributed by atoms with Gasteiger partial charge in [-0.1, -0.05) is 6.58 Å². The molecule has 14 heavy (non-hydrogen) atoms. The highest BCUT2D eigenvalue weighted by Gasteiger charge is 2.00. The molecule has 0 aliphatic rings. The third kappa shape index (κ3) is 14.1. The standard InChI is InChI=1S/C7H14O2Si.C2H6O2/c1-4-9-10-5-7(8)6(2)3;1-3-4-2/h2,4-5,10H2,1,3H3;1-2H3. The molecule has 0 atom stereocenters. The number of allylic oxidation sites excluding steroid dienone is 1. The SMILES string of the molecule is C=C(C)C(=O)C[SiH2]OCC.COOC. The van der Waals surface area contributed by atoms with E-state index in [1.54, 1.807) is 6.92 Å². The molecule has 0 aromatic carbocycles. The van der Waals surface area contributed by atoms with Crippen LogP contribution in [0.15, 0.2) is 12.2 Å². The van der Waals surface area contributed by atoms with Gasteiger partial charge in [0.2, 0.25) is 0 Å². The van der Waals surface area contributed by atoms with Crippen LogP contribution < -0.4 is 0 Å². The van der Waals surface area contributed by atoms with Crippen LogP contribution in [0.3, 0.4) is 0 Å². The van der Waals surface area contributed by atoms with Gasteiger partial charge in [0.25, 0.3) is 0 Å². The molecule has 5 heteroatoms. The van der Waals surface area contributed by atoms with Gasteiger partial charge in [-0.3, -0.25) is 4.79 Å². The van der Waals surface area contributed by atoms with Crippen LogP contribution in [0.5, 0.6) is 0 Å². The summed E-state index contributed by atoms with van der Waals surface area (Å²) in [7, 11) is 2.33. The summed E-state index contributed by atoms with van der Waals surface area (Å²) in [5.41, 5.74) is 0.646. The monoisotopic (exact) mass is 220 g/mol. The Hall–Kier alpha value is -0.493. The Labute approximate surface area is 88.1 Å². The number of carbonyl (C=O) groups is 1. The minimum atomic E-state index is -0.589. The summed E-state index contributed by atoms with van der Waals surface area (Å²) in [6.45, 7) is 7.96. The zero-order chi connectivity index (χ0) is 11.4. The highest BCUT2D eigenvalue weighted by molar-refractivity contribution is 6.36. The molecule has 0 unspecified atom stereocenters. The molecule has 84 valence electrons. The first-order valence-electron chi connectivity index (χ1n) is 4.43. The molecule has 0 saturated carbocycles. The molecule has 0 aliphatic heterocycles. The molecule has 0 saturated heterocycles. The van der Waals surface area contributed by atoms with Crippen molar-refractivity contribution in [3.63, 3.8) is 0 Å². The van der Waals surface area contributed by atoms with Crippen molar-refractivity contribution in [3.8, 4) is 0 Å². The minimum absolute atomic E-state index is 0.153. The first-order chi connectivity index (χ1) is 6.59. The lowest BCUT2D eigenvalue weighted by Crippen LogP contribution is -2.06. The molecule has 4 nitrogen and oxygen atoms in total. The first-order valence-corrected chi connectivity index (χ1v) is 6.01. The second-order valence-electron chi connectivity index (χ2n) is 2.48. The molecule has 0 radical (unpaired) electrons. The van der Waals surface area contributed by atoms with Gasteiger partial charge in [-0.25, -0.2) is 9.78 Å². The summed E-state index contributed by atoms with van der Waals surface area (Å²) in [4.78, 5) is 19.0. The zero-order valence-electron chi connectivity index (χ0n) is 9.46. The molecule has 0 spiro atoms. The quantitative estimate of drug-likeness (QED) is 0.219. The lowest BCUT2D eigenvalue weighted by Gasteiger charge is -1.98. The summed E-state index contributed by atoms with van der Waals surface area (Å²) in [5, 5.41) is 0. The number of rotatable bonds is 6. The van der Waals surface area contributed by atoms with E-state index in [0.29, 0.717) is 11.6 Å². The number of Topliss-reactive ketones (excluding diaryl/α,β-unsaturated/α-hetero) is 1. The largest absolute Gasteiger partial charge is 0.424 e. The predicted octanol–water partition coefficient (Wildman–Crippen LogP) is 0.864. The Morgan fingerprint density at radius 2 is 1.86 bits per heavy atom. The van der Waals surface area contributed by atoms with E-state index in [1.807, 2.05) is 6.92 Å². The van der Waals surface area contributed by atoms with Gasteiger partial charge >= 0.3 is 0 Å². The number of hydrogen-bond donors (Lipinski definition) is 0. The van der Waals surface area contributed by atoms with E-state index in [2.05, 4.69) is 16.4 Å². The van der Waals surface area contributed by atoms with Gasteiger partial charge < -0.3 is 4.43 Å². The van der Waals surface area contributed by atoms with Gasteiger partial charge in [0.05, 0.1) is 14.2 Å². The second kappa shape index (κ2) is 12.5. The predicted molar refractivity (Wildman–Crippen MR) is 58.8 cm³/mol. The minimum Gasteiger partial charge on any atom is -0.424 e. The normalized spacial score (nSPS) is 9.71. The second-order valence-corrected chi connectivity index (χ2v) is 3.80. The Balaban J connectivity index is 0. The zero-order valence-corrected chi connectivity index (χ0v) is 10.9. The number of carbonyl (C=O) groups excluding carboxylic acids is 1. The molecular weight excluding hydrogens is 200 g/mol. The first kappa shape index (κ1) is 16.0. The fraction of sp³-hybridized carbons (Fsp3) is 0.667. The van der Waals surface area contributed by atoms with Crippen molar-refractivity contribution in [2.75, 3.05) is 20.8 Å². The molecule has 0 rings (SSSR count). The van der Waals surface area contributed by atoms with E-state index < -0.39 is 9.76 Å². The molecule has 0 aliphatic carbocycles.